The summed E-state index contributed by atoms with van der Waals surface area (Å²) in [6.07, 6.45) is 2.61. The lowest BCUT2D eigenvalue weighted by Gasteiger charge is -2.24. The molecule has 0 aliphatic heterocycles. The molecule has 0 aliphatic rings. The number of benzene rings is 3. The van der Waals surface area contributed by atoms with Crippen molar-refractivity contribution in [3.63, 3.8) is 0 Å². The topological polar surface area (TPSA) is 66.5 Å². The highest BCUT2D eigenvalue weighted by Gasteiger charge is 2.27. The summed E-state index contributed by atoms with van der Waals surface area (Å²) >= 11 is 3.12. The number of carbonyl (C=O) groups excluding carboxylic acids is 1. The standard InChI is InChI=1S/C26H29FN2O3S3/c1-20-8-10-22(11-9-20)29(35(31,32)24-14-12-23(33-2)13-15-24)18-26(30)28-16-5-17-34-19-21-6-3-4-7-25(21)27/h3-4,6-15H,5,16-19H2,1-2H3,(H,28,30). The van der Waals surface area contributed by atoms with E-state index in [2.05, 4.69) is 5.32 Å². The molecule has 0 unspecified atom stereocenters. The van der Waals surface area contributed by atoms with Crippen LogP contribution in [-0.4, -0.2) is 39.4 Å². The highest BCUT2D eigenvalue weighted by molar-refractivity contribution is 7.98. The van der Waals surface area contributed by atoms with Gasteiger partial charge >= 0.3 is 0 Å². The van der Waals surface area contributed by atoms with Crippen LogP contribution in [0.2, 0.25) is 0 Å². The smallest absolute Gasteiger partial charge is 0.264 e. The van der Waals surface area contributed by atoms with Crippen molar-refractivity contribution in [1.29, 1.82) is 0 Å². The first-order valence-corrected chi connectivity index (χ1v) is 14.9. The van der Waals surface area contributed by atoms with Gasteiger partial charge in [0.15, 0.2) is 0 Å². The number of amides is 1. The Balaban J connectivity index is 1.60. The zero-order valence-corrected chi connectivity index (χ0v) is 22.2. The predicted octanol–water partition coefficient (Wildman–Crippen LogP) is 5.49. The zero-order valence-electron chi connectivity index (χ0n) is 19.7. The van der Waals surface area contributed by atoms with Crippen molar-refractivity contribution in [3.8, 4) is 0 Å². The Morgan fingerprint density at radius 1 is 1.00 bits per heavy atom. The fourth-order valence-electron chi connectivity index (χ4n) is 3.29. The van der Waals surface area contributed by atoms with Crippen LogP contribution in [0, 0.1) is 12.7 Å². The molecule has 0 aliphatic carbocycles. The highest BCUT2D eigenvalue weighted by Crippen LogP contribution is 2.25. The average Bonchev–Trinajstić information content (AvgIpc) is 2.86. The first-order chi connectivity index (χ1) is 16.8. The third-order valence-corrected chi connectivity index (χ3v) is 8.88. The summed E-state index contributed by atoms with van der Waals surface area (Å²) in [7, 11) is -3.94. The van der Waals surface area contributed by atoms with E-state index in [1.54, 1.807) is 60.3 Å². The summed E-state index contributed by atoms with van der Waals surface area (Å²) in [6, 6.07) is 20.4. The van der Waals surface area contributed by atoms with Gasteiger partial charge in [-0.15, -0.1) is 11.8 Å². The minimum Gasteiger partial charge on any atom is -0.354 e. The molecule has 186 valence electrons. The second kappa shape index (κ2) is 13.0. The summed E-state index contributed by atoms with van der Waals surface area (Å²) in [5.41, 5.74) is 2.08. The van der Waals surface area contributed by atoms with Crippen LogP contribution in [0.5, 0.6) is 0 Å². The monoisotopic (exact) mass is 532 g/mol. The summed E-state index contributed by atoms with van der Waals surface area (Å²) in [5.74, 6) is 0.717. The lowest BCUT2D eigenvalue weighted by atomic mass is 10.2. The second-order valence-corrected chi connectivity index (χ2v) is 11.7. The molecule has 0 atom stereocenters. The molecule has 0 heterocycles. The summed E-state index contributed by atoms with van der Waals surface area (Å²) < 4.78 is 41.7. The molecule has 5 nitrogen and oxygen atoms in total. The van der Waals surface area contributed by atoms with E-state index in [1.807, 2.05) is 31.4 Å². The zero-order chi connectivity index (χ0) is 25.3. The van der Waals surface area contributed by atoms with Crippen molar-refractivity contribution >= 4 is 45.1 Å². The van der Waals surface area contributed by atoms with Crippen LogP contribution in [-0.2, 0) is 20.6 Å². The second-order valence-electron chi connectivity index (χ2n) is 7.87. The maximum absolute atomic E-state index is 13.7. The lowest BCUT2D eigenvalue weighted by molar-refractivity contribution is -0.119. The Hall–Kier alpha value is -2.49. The van der Waals surface area contributed by atoms with Gasteiger partial charge in [-0.3, -0.25) is 9.10 Å². The van der Waals surface area contributed by atoms with Gasteiger partial charge in [0.2, 0.25) is 5.91 Å². The first-order valence-electron chi connectivity index (χ1n) is 11.1. The molecular formula is C26H29FN2O3S3. The molecule has 0 bridgehead atoms. The average molecular weight is 533 g/mol. The van der Waals surface area contributed by atoms with Gasteiger partial charge in [-0.05, 0) is 73.4 Å². The van der Waals surface area contributed by atoms with Gasteiger partial charge in [0, 0.05) is 17.2 Å². The summed E-state index contributed by atoms with van der Waals surface area (Å²) in [4.78, 5) is 13.8. The minimum absolute atomic E-state index is 0.133. The molecule has 0 fully saturated rings. The predicted molar refractivity (Wildman–Crippen MR) is 144 cm³/mol. The Morgan fingerprint density at radius 3 is 2.34 bits per heavy atom. The van der Waals surface area contributed by atoms with Crippen molar-refractivity contribution in [2.45, 2.75) is 28.9 Å². The number of aryl methyl sites for hydroxylation is 1. The van der Waals surface area contributed by atoms with Crippen LogP contribution in [0.3, 0.4) is 0 Å². The quantitative estimate of drug-likeness (QED) is 0.247. The van der Waals surface area contributed by atoms with Gasteiger partial charge in [-0.2, -0.15) is 11.8 Å². The fraction of sp³-hybridized carbons (Fsp3) is 0.269. The number of hydrogen-bond acceptors (Lipinski definition) is 5. The van der Waals surface area contributed by atoms with Gasteiger partial charge in [-0.1, -0.05) is 35.9 Å². The van der Waals surface area contributed by atoms with Crippen LogP contribution < -0.4 is 9.62 Å². The maximum atomic E-state index is 13.7. The molecule has 9 heteroatoms. The highest BCUT2D eigenvalue weighted by atomic mass is 32.2. The minimum atomic E-state index is -3.94. The van der Waals surface area contributed by atoms with Crippen LogP contribution in [0.4, 0.5) is 10.1 Å². The van der Waals surface area contributed by atoms with Gasteiger partial charge in [0.25, 0.3) is 10.0 Å². The van der Waals surface area contributed by atoms with E-state index >= 15 is 0 Å². The molecule has 0 spiro atoms. The molecule has 3 aromatic rings. The van der Waals surface area contributed by atoms with E-state index in [0.717, 1.165) is 20.5 Å². The molecule has 1 N–H and O–H groups in total. The van der Waals surface area contributed by atoms with Gasteiger partial charge in [0.05, 0.1) is 10.6 Å². The SMILES string of the molecule is CSc1ccc(S(=O)(=O)N(CC(=O)NCCCSCc2ccccc2F)c2ccc(C)cc2)cc1. The Labute approximate surface area is 215 Å². The van der Waals surface area contributed by atoms with E-state index in [9.17, 15) is 17.6 Å². The van der Waals surface area contributed by atoms with E-state index in [0.29, 0.717) is 30.0 Å². The third kappa shape index (κ3) is 7.75. The van der Waals surface area contributed by atoms with Gasteiger partial charge in [0.1, 0.15) is 12.4 Å². The van der Waals surface area contributed by atoms with Crippen molar-refractivity contribution in [2.75, 3.05) is 29.4 Å². The first kappa shape index (κ1) is 27.1. The molecular weight excluding hydrogens is 503 g/mol. The molecule has 0 saturated heterocycles. The van der Waals surface area contributed by atoms with Crippen molar-refractivity contribution in [3.05, 3.63) is 89.7 Å². The Bertz CT molecular complexity index is 1220. The van der Waals surface area contributed by atoms with Crippen LogP contribution in [0.25, 0.3) is 0 Å². The van der Waals surface area contributed by atoms with Crippen molar-refractivity contribution in [1.82, 2.24) is 5.32 Å². The van der Waals surface area contributed by atoms with Crippen molar-refractivity contribution < 1.29 is 17.6 Å². The number of rotatable bonds is 12. The van der Waals surface area contributed by atoms with Crippen LogP contribution >= 0.6 is 23.5 Å². The number of anilines is 1. The number of thioether (sulfide) groups is 2. The van der Waals surface area contributed by atoms with E-state index in [1.165, 1.54) is 17.8 Å². The van der Waals surface area contributed by atoms with Gasteiger partial charge < -0.3 is 5.32 Å². The van der Waals surface area contributed by atoms with Crippen LogP contribution in [0.1, 0.15) is 17.5 Å². The van der Waals surface area contributed by atoms with E-state index < -0.39 is 10.0 Å². The fourth-order valence-corrected chi connectivity index (χ4v) is 6.06. The van der Waals surface area contributed by atoms with E-state index in [4.69, 9.17) is 0 Å². The number of nitrogens with one attached hydrogen (secondary N) is 1. The van der Waals surface area contributed by atoms with E-state index in [-0.39, 0.29) is 23.2 Å². The largest absolute Gasteiger partial charge is 0.354 e. The number of halogens is 1. The lowest BCUT2D eigenvalue weighted by Crippen LogP contribution is -2.41. The number of carbonyl (C=O) groups is 1. The number of nitrogens with zero attached hydrogens (tertiary/aromatic N) is 1. The Kier molecular flexibility index (Phi) is 10.1. The van der Waals surface area contributed by atoms with Crippen LogP contribution in [0.15, 0.2) is 82.6 Å². The maximum Gasteiger partial charge on any atom is 0.264 e. The summed E-state index contributed by atoms with van der Waals surface area (Å²) in [5, 5.41) is 2.81. The Morgan fingerprint density at radius 2 is 1.69 bits per heavy atom. The molecule has 0 saturated carbocycles. The summed E-state index contributed by atoms with van der Waals surface area (Å²) in [6.45, 7) is 2.01. The van der Waals surface area contributed by atoms with Gasteiger partial charge in [-0.25, -0.2) is 12.8 Å². The third-order valence-electron chi connectivity index (χ3n) is 5.26. The molecule has 1 amide bonds. The molecule has 35 heavy (non-hydrogen) atoms. The number of sulfonamides is 1. The van der Waals surface area contributed by atoms with Crippen molar-refractivity contribution in [2.24, 2.45) is 0 Å². The molecule has 3 rings (SSSR count). The molecule has 3 aromatic carbocycles. The normalized spacial score (nSPS) is 11.3. The molecule has 0 radical (unpaired) electrons. The number of hydrogen-bond donors (Lipinski definition) is 1. The molecule has 0 aromatic heterocycles.